The molecule has 6 rings (SSSR count). The molecule has 1 atom stereocenters. The van der Waals surface area contributed by atoms with Gasteiger partial charge in [-0.3, -0.25) is 13.9 Å². The van der Waals surface area contributed by atoms with Gasteiger partial charge in [0, 0.05) is 44.3 Å². The van der Waals surface area contributed by atoms with Gasteiger partial charge in [-0.05, 0) is 42.3 Å². The number of amides is 1. The van der Waals surface area contributed by atoms with Crippen molar-refractivity contribution in [2.24, 2.45) is 7.05 Å². The predicted octanol–water partition coefficient (Wildman–Crippen LogP) is 3.36. The number of anilines is 3. The number of nitrogens with one attached hydrogen (secondary N) is 1. The van der Waals surface area contributed by atoms with Gasteiger partial charge in [0.1, 0.15) is 23.2 Å². The average Bonchev–Trinajstić information content (AvgIpc) is 3.51. The molecule has 1 amide bonds. The van der Waals surface area contributed by atoms with Crippen LogP contribution < -0.4 is 15.0 Å². The van der Waals surface area contributed by atoms with E-state index in [1.54, 1.807) is 36.1 Å². The Morgan fingerprint density at radius 3 is 2.65 bits per heavy atom. The van der Waals surface area contributed by atoms with Crippen LogP contribution in [0.2, 0.25) is 0 Å². The van der Waals surface area contributed by atoms with Crippen LogP contribution in [0.25, 0.3) is 16.9 Å². The number of carbonyl (C=O) groups is 1. The highest BCUT2D eigenvalue weighted by atomic mass is 16.5. The number of nitrogens with zero attached hydrogens (tertiary/aromatic N) is 8. The van der Waals surface area contributed by atoms with Crippen molar-refractivity contribution < 1.29 is 9.53 Å². The van der Waals surface area contributed by atoms with E-state index in [0.717, 1.165) is 28.5 Å². The van der Waals surface area contributed by atoms with Crippen LogP contribution in [0, 0.1) is 0 Å². The van der Waals surface area contributed by atoms with Crippen LogP contribution in [0.3, 0.4) is 0 Å². The number of rotatable bonds is 6. The second-order valence-corrected chi connectivity index (χ2v) is 8.99. The van der Waals surface area contributed by atoms with Gasteiger partial charge in [0.25, 0.3) is 0 Å². The Kier molecular flexibility index (Phi) is 5.52. The maximum atomic E-state index is 13.2. The molecule has 0 saturated heterocycles. The lowest BCUT2D eigenvalue weighted by Crippen LogP contribution is -2.27. The van der Waals surface area contributed by atoms with Crippen molar-refractivity contribution in [3.05, 3.63) is 72.3 Å². The van der Waals surface area contributed by atoms with Crippen molar-refractivity contribution in [3.63, 3.8) is 0 Å². The summed E-state index contributed by atoms with van der Waals surface area (Å²) in [5.41, 5.74) is 3.27. The Balaban J connectivity index is 1.38. The predicted molar refractivity (Wildman–Crippen MR) is 138 cm³/mol. The molecule has 1 aliphatic rings. The van der Waals surface area contributed by atoms with Gasteiger partial charge in [0.05, 0.1) is 19.0 Å². The fraction of sp³-hybridized carbons (Fsp3) is 0.231. The molecule has 0 spiro atoms. The van der Waals surface area contributed by atoms with Gasteiger partial charge >= 0.3 is 0 Å². The van der Waals surface area contributed by atoms with Crippen molar-refractivity contribution in [1.82, 2.24) is 34.3 Å². The SMILES string of the molecule is COc1ccc(CC2CC(=O)N(C)c3cc(-c4ccnc(Nc5ccnn5C)n4)cc4nnc2n34)cc1. The number of carbonyl (C=O) groups excluding carboxylic acids is 1. The third-order valence-corrected chi connectivity index (χ3v) is 6.67. The second-order valence-electron chi connectivity index (χ2n) is 8.99. The molecule has 1 aliphatic heterocycles. The molecule has 0 fully saturated rings. The first-order valence-corrected chi connectivity index (χ1v) is 11.9. The zero-order valence-electron chi connectivity index (χ0n) is 20.7. The molecule has 11 heteroatoms. The number of ether oxygens (including phenoxy) is 1. The van der Waals surface area contributed by atoms with Crippen LogP contribution in [0.1, 0.15) is 23.7 Å². The van der Waals surface area contributed by atoms with Crippen molar-refractivity contribution in [2.75, 3.05) is 24.4 Å². The van der Waals surface area contributed by atoms with Gasteiger partial charge in [0.15, 0.2) is 5.65 Å². The minimum Gasteiger partial charge on any atom is -0.497 e. The summed E-state index contributed by atoms with van der Waals surface area (Å²) in [5.74, 6) is 3.39. The third-order valence-electron chi connectivity index (χ3n) is 6.67. The standard InChI is InChI=1S/C26H25N9O2/c1-33-23-14-17(20-8-10-27-26(29-20)30-21-9-11-28-34(21)2)13-22-31-32-25(35(22)23)18(15-24(33)36)12-16-4-6-19(37-3)7-5-16/h4-11,13-14,18H,12,15H2,1-3H3,(H,27,29,30). The maximum Gasteiger partial charge on any atom is 0.228 e. The van der Waals surface area contributed by atoms with Gasteiger partial charge in [0.2, 0.25) is 11.9 Å². The van der Waals surface area contributed by atoms with Gasteiger partial charge in [-0.2, -0.15) is 5.10 Å². The molecule has 1 N–H and O–H groups in total. The molecule has 0 bridgehead atoms. The Bertz CT molecular complexity index is 1610. The summed E-state index contributed by atoms with van der Waals surface area (Å²) in [4.78, 5) is 23.9. The summed E-state index contributed by atoms with van der Waals surface area (Å²) in [6.45, 7) is 0. The molecule has 0 saturated carbocycles. The summed E-state index contributed by atoms with van der Waals surface area (Å²) in [5, 5.41) is 16.3. The lowest BCUT2D eigenvalue weighted by atomic mass is 9.95. The van der Waals surface area contributed by atoms with Gasteiger partial charge in [-0.1, -0.05) is 12.1 Å². The average molecular weight is 496 g/mol. The number of aryl methyl sites for hydroxylation is 1. The molecular weight excluding hydrogens is 470 g/mol. The zero-order valence-corrected chi connectivity index (χ0v) is 20.7. The number of hydrogen-bond acceptors (Lipinski definition) is 8. The smallest absolute Gasteiger partial charge is 0.228 e. The van der Waals surface area contributed by atoms with E-state index in [1.165, 1.54) is 0 Å². The van der Waals surface area contributed by atoms with E-state index in [0.29, 0.717) is 35.9 Å². The van der Waals surface area contributed by atoms with Gasteiger partial charge in [-0.25, -0.2) is 9.97 Å². The quantitative estimate of drug-likeness (QED) is 0.381. The molecule has 5 aromatic rings. The molecule has 0 radical (unpaired) electrons. The van der Waals surface area contributed by atoms with Crippen LogP contribution >= 0.6 is 0 Å². The fourth-order valence-corrected chi connectivity index (χ4v) is 4.65. The van der Waals surface area contributed by atoms with E-state index < -0.39 is 0 Å². The highest BCUT2D eigenvalue weighted by molar-refractivity contribution is 5.94. The van der Waals surface area contributed by atoms with Crippen molar-refractivity contribution in [2.45, 2.75) is 18.8 Å². The molecule has 0 aliphatic carbocycles. The number of aromatic nitrogens is 7. The largest absolute Gasteiger partial charge is 0.497 e. The van der Waals surface area contributed by atoms with Crippen LogP contribution in [-0.2, 0) is 18.3 Å². The minimum absolute atomic E-state index is 0.0173. The summed E-state index contributed by atoms with van der Waals surface area (Å²) in [6.07, 6.45) is 4.39. The third kappa shape index (κ3) is 4.14. The molecule has 186 valence electrons. The number of methoxy groups -OCH3 is 1. The first kappa shape index (κ1) is 22.7. The number of hydrogen-bond donors (Lipinski definition) is 1. The first-order chi connectivity index (χ1) is 18.0. The van der Waals surface area contributed by atoms with Gasteiger partial charge < -0.3 is 15.0 Å². The number of pyridine rings is 1. The van der Waals surface area contributed by atoms with Crippen molar-refractivity contribution >= 4 is 29.1 Å². The Morgan fingerprint density at radius 1 is 1.05 bits per heavy atom. The summed E-state index contributed by atoms with van der Waals surface area (Å²) >= 11 is 0. The highest BCUT2D eigenvalue weighted by Crippen LogP contribution is 2.34. The van der Waals surface area contributed by atoms with Crippen molar-refractivity contribution in [3.8, 4) is 17.0 Å². The van der Waals surface area contributed by atoms with E-state index in [2.05, 4.69) is 30.6 Å². The highest BCUT2D eigenvalue weighted by Gasteiger charge is 2.30. The van der Waals surface area contributed by atoms with E-state index in [1.807, 2.05) is 60.0 Å². The molecule has 1 aromatic carbocycles. The minimum atomic E-state index is -0.112. The van der Waals surface area contributed by atoms with Crippen LogP contribution in [0.15, 0.2) is 60.9 Å². The molecule has 5 heterocycles. The molecule has 4 aromatic heterocycles. The summed E-state index contributed by atoms with van der Waals surface area (Å²) in [6, 6.07) is 15.5. The van der Waals surface area contributed by atoms with E-state index >= 15 is 0 Å². The maximum absolute atomic E-state index is 13.2. The molecule has 37 heavy (non-hydrogen) atoms. The van der Waals surface area contributed by atoms with Crippen LogP contribution in [-0.4, -0.2) is 54.4 Å². The summed E-state index contributed by atoms with van der Waals surface area (Å²) < 4.78 is 8.95. The number of benzene rings is 1. The topological polar surface area (TPSA) is 115 Å². The lowest BCUT2D eigenvalue weighted by molar-refractivity contribution is -0.118. The van der Waals surface area contributed by atoms with E-state index in [4.69, 9.17) is 4.74 Å². The van der Waals surface area contributed by atoms with E-state index in [9.17, 15) is 4.79 Å². The Hall–Kier alpha value is -4.80. The van der Waals surface area contributed by atoms with Crippen LogP contribution in [0.4, 0.5) is 17.6 Å². The zero-order chi connectivity index (χ0) is 25.5. The molecule has 1 unspecified atom stereocenters. The van der Waals surface area contributed by atoms with Crippen LogP contribution in [0.5, 0.6) is 5.75 Å². The van der Waals surface area contributed by atoms with Crippen molar-refractivity contribution in [1.29, 1.82) is 0 Å². The van der Waals surface area contributed by atoms with E-state index in [-0.39, 0.29) is 11.8 Å². The summed E-state index contributed by atoms with van der Waals surface area (Å²) in [7, 11) is 5.27. The Labute approximate surface area is 212 Å². The normalized spacial score (nSPS) is 15.2. The Morgan fingerprint density at radius 2 is 1.89 bits per heavy atom. The monoisotopic (exact) mass is 495 g/mol. The molecule has 11 nitrogen and oxygen atoms in total. The molecular formula is C26H25N9O2. The second kappa shape index (κ2) is 9.01. The van der Waals surface area contributed by atoms with Gasteiger partial charge in [-0.15, -0.1) is 10.2 Å². The first-order valence-electron chi connectivity index (χ1n) is 11.9. The fourth-order valence-electron chi connectivity index (χ4n) is 4.65. The lowest BCUT2D eigenvalue weighted by Gasteiger charge is -2.17.